The summed E-state index contributed by atoms with van der Waals surface area (Å²) in [6.45, 7) is 12.4. The highest BCUT2D eigenvalue weighted by Gasteiger charge is 2.28. The lowest BCUT2D eigenvalue weighted by Crippen LogP contribution is -2.29. The first kappa shape index (κ1) is 45.1. The molecule has 0 saturated heterocycles. The molecule has 17 heteroatoms. The Morgan fingerprint density at radius 2 is 1.08 bits per heavy atom. The average Bonchev–Trinajstić information content (AvgIpc) is 4.00. The SMILES string of the molecule is CCN(CC)CCS(=O)(=O)c1ccc(N/C=C2/C(=O)Nc3ccc4ncsc4c32)cc1.CCN(CC)CCS(=O)(=O)c1ccc(N/C=C2\C(=O)Nc3ccc4ncccc4c32)cc1. The summed E-state index contributed by atoms with van der Waals surface area (Å²) in [6, 6.07) is 24.5. The van der Waals surface area contributed by atoms with E-state index in [0.29, 0.717) is 45.4 Å². The molecular formula is C46H50N8O6S3. The summed E-state index contributed by atoms with van der Waals surface area (Å²) in [7, 11) is -6.70. The number of aromatic nitrogens is 2. The second kappa shape index (κ2) is 19.6. The summed E-state index contributed by atoms with van der Waals surface area (Å²) in [5, 5.41) is 12.9. The lowest BCUT2D eigenvalue weighted by molar-refractivity contribution is -0.111. The normalized spacial score (nSPS) is 14.8. The molecule has 8 rings (SSSR count). The van der Waals surface area contributed by atoms with E-state index in [0.717, 1.165) is 69.8 Å². The zero-order valence-electron chi connectivity index (χ0n) is 35.5. The van der Waals surface area contributed by atoms with Gasteiger partial charge in [0.15, 0.2) is 19.7 Å². The monoisotopic (exact) mass is 906 g/mol. The Morgan fingerprint density at radius 3 is 1.59 bits per heavy atom. The lowest BCUT2D eigenvalue weighted by Gasteiger charge is -2.17. The van der Waals surface area contributed by atoms with Crippen LogP contribution in [0.4, 0.5) is 22.7 Å². The highest BCUT2D eigenvalue weighted by atomic mass is 32.2. The molecule has 14 nitrogen and oxygen atoms in total. The van der Waals surface area contributed by atoms with Gasteiger partial charge >= 0.3 is 0 Å². The van der Waals surface area contributed by atoms with E-state index in [1.807, 2.05) is 64.1 Å². The number of nitrogens with one attached hydrogen (secondary N) is 4. The molecule has 2 aliphatic rings. The molecule has 0 radical (unpaired) electrons. The van der Waals surface area contributed by atoms with Gasteiger partial charge in [-0.2, -0.15) is 0 Å². The van der Waals surface area contributed by atoms with E-state index in [4.69, 9.17) is 0 Å². The number of thiazole rings is 1. The van der Waals surface area contributed by atoms with Crippen molar-refractivity contribution in [3.8, 4) is 0 Å². The van der Waals surface area contributed by atoms with Gasteiger partial charge in [-0.25, -0.2) is 21.8 Å². The minimum atomic E-state index is -3.35. The Hall–Kier alpha value is -5.98. The van der Waals surface area contributed by atoms with E-state index in [1.165, 1.54) is 11.3 Å². The predicted octanol–water partition coefficient (Wildman–Crippen LogP) is 7.57. The van der Waals surface area contributed by atoms with Crippen molar-refractivity contribution < 1.29 is 26.4 Å². The van der Waals surface area contributed by atoms with Crippen LogP contribution in [0.25, 0.3) is 32.3 Å². The second-order valence-corrected chi connectivity index (χ2v) is 19.9. The van der Waals surface area contributed by atoms with Crippen molar-refractivity contribution >= 4 is 97.8 Å². The number of fused-ring (bicyclic) bond motifs is 6. The number of pyridine rings is 1. The van der Waals surface area contributed by atoms with Crippen LogP contribution in [0.5, 0.6) is 0 Å². The molecule has 328 valence electrons. The number of hydrogen-bond acceptors (Lipinski definition) is 13. The molecule has 2 aromatic heterocycles. The minimum absolute atomic E-state index is 0.0869. The van der Waals surface area contributed by atoms with Gasteiger partial charge < -0.3 is 31.1 Å². The molecular weight excluding hydrogens is 857 g/mol. The van der Waals surface area contributed by atoms with Gasteiger partial charge in [-0.1, -0.05) is 33.8 Å². The van der Waals surface area contributed by atoms with Crippen molar-refractivity contribution in [1.29, 1.82) is 0 Å². The number of hydrogen-bond donors (Lipinski definition) is 4. The van der Waals surface area contributed by atoms with Crippen molar-refractivity contribution in [2.45, 2.75) is 37.5 Å². The highest BCUT2D eigenvalue weighted by Crippen LogP contribution is 2.40. The number of sulfone groups is 2. The molecule has 0 fully saturated rings. The third kappa shape index (κ3) is 10.1. The van der Waals surface area contributed by atoms with E-state index in [2.05, 4.69) is 41.0 Å². The van der Waals surface area contributed by atoms with Crippen molar-refractivity contribution in [1.82, 2.24) is 19.8 Å². The number of anilines is 4. The summed E-state index contributed by atoms with van der Waals surface area (Å²) in [5.41, 5.74) is 9.03. The largest absolute Gasteiger partial charge is 0.361 e. The number of nitrogens with zero attached hydrogens (tertiary/aromatic N) is 4. The smallest absolute Gasteiger partial charge is 0.257 e. The first-order valence-electron chi connectivity index (χ1n) is 20.8. The molecule has 63 heavy (non-hydrogen) atoms. The lowest BCUT2D eigenvalue weighted by atomic mass is 10.0. The van der Waals surface area contributed by atoms with Gasteiger partial charge in [0.25, 0.3) is 11.8 Å². The molecule has 6 aromatic rings. The number of carbonyl (C=O) groups is 2. The quantitative estimate of drug-likeness (QED) is 0.0701. The molecule has 4 aromatic carbocycles. The topological polar surface area (TPSA) is 183 Å². The maximum Gasteiger partial charge on any atom is 0.257 e. The Bertz CT molecular complexity index is 2920. The van der Waals surface area contributed by atoms with Crippen molar-refractivity contribution in [2.24, 2.45) is 0 Å². The van der Waals surface area contributed by atoms with Crippen molar-refractivity contribution in [3.05, 3.63) is 120 Å². The maximum atomic E-state index is 12.6. The van der Waals surface area contributed by atoms with Gasteiger partial charge in [0.2, 0.25) is 0 Å². The molecule has 4 N–H and O–H groups in total. The Morgan fingerprint density at radius 1 is 0.603 bits per heavy atom. The van der Waals surface area contributed by atoms with E-state index >= 15 is 0 Å². The number of rotatable bonds is 16. The summed E-state index contributed by atoms with van der Waals surface area (Å²) >= 11 is 1.49. The number of benzene rings is 4. The highest BCUT2D eigenvalue weighted by molar-refractivity contribution is 7.91. The zero-order valence-corrected chi connectivity index (χ0v) is 38.0. The van der Waals surface area contributed by atoms with Gasteiger partial charge in [-0.15, -0.1) is 11.3 Å². The Labute approximate surface area is 372 Å². The van der Waals surface area contributed by atoms with Crippen LogP contribution in [-0.4, -0.2) is 99.2 Å². The van der Waals surface area contributed by atoms with E-state index in [1.54, 1.807) is 72.6 Å². The molecule has 0 saturated carbocycles. The van der Waals surface area contributed by atoms with E-state index < -0.39 is 19.7 Å². The molecule has 0 spiro atoms. The number of carbonyl (C=O) groups excluding carboxylic acids is 2. The first-order chi connectivity index (χ1) is 30.3. The Kier molecular flexibility index (Phi) is 14.0. The van der Waals surface area contributed by atoms with Crippen LogP contribution in [0.15, 0.2) is 119 Å². The fourth-order valence-electron chi connectivity index (χ4n) is 7.37. The summed E-state index contributed by atoms with van der Waals surface area (Å²) in [4.78, 5) is 38.4. The van der Waals surface area contributed by atoms with Crippen molar-refractivity contribution in [2.75, 3.05) is 72.0 Å². The average molecular weight is 907 g/mol. The van der Waals surface area contributed by atoms with Crippen LogP contribution in [0, 0.1) is 0 Å². The molecule has 2 aliphatic heterocycles. The fourth-order valence-corrected chi connectivity index (χ4v) is 10.8. The molecule has 0 unspecified atom stereocenters. The molecule has 0 aliphatic carbocycles. The van der Waals surface area contributed by atoms with Crippen LogP contribution in [0.3, 0.4) is 0 Å². The van der Waals surface area contributed by atoms with E-state index in [-0.39, 0.29) is 23.3 Å². The van der Waals surface area contributed by atoms with Gasteiger partial charge in [0, 0.05) is 65.3 Å². The van der Waals surface area contributed by atoms with Crippen LogP contribution >= 0.6 is 11.3 Å². The fraction of sp³-hybridized carbons (Fsp3) is 0.261. The zero-order chi connectivity index (χ0) is 44.7. The summed E-state index contributed by atoms with van der Waals surface area (Å²) in [5.74, 6) is -0.199. The van der Waals surface area contributed by atoms with Crippen LogP contribution in [-0.2, 0) is 29.3 Å². The molecule has 2 amide bonds. The second-order valence-electron chi connectivity index (χ2n) is 14.8. The van der Waals surface area contributed by atoms with Gasteiger partial charge in [0.1, 0.15) is 0 Å². The third-order valence-electron chi connectivity index (χ3n) is 11.1. The van der Waals surface area contributed by atoms with Crippen LogP contribution < -0.4 is 21.3 Å². The van der Waals surface area contributed by atoms with Gasteiger partial charge in [-0.05, 0) is 105 Å². The summed E-state index contributed by atoms with van der Waals surface area (Å²) in [6.07, 6.45) is 5.03. The molecule has 0 atom stereocenters. The van der Waals surface area contributed by atoms with Gasteiger partial charge in [0.05, 0.1) is 59.4 Å². The van der Waals surface area contributed by atoms with Crippen molar-refractivity contribution in [3.63, 3.8) is 0 Å². The Balaban J connectivity index is 0.000000189. The van der Waals surface area contributed by atoms with Crippen LogP contribution in [0.1, 0.15) is 38.8 Å². The third-order valence-corrected chi connectivity index (χ3v) is 15.4. The summed E-state index contributed by atoms with van der Waals surface area (Å²) < 4.78 is 51.4. The minimum Gasteiger partial charge on any atom is -0.361 e. The number of amides is 2. The maximum absolute atomic E-state index is 12.6. The van der Waals surface area contributed by atoms with Crippen LogP contribution in [0.2, 0.25) is 0 Å². The standard InChI is InChI=1S/C24H26N4O3S.C22H24N4O3S2/c1-3-28(4-2)14-15-32(30,31)18-9-7-17(8-10-18)26-16-20-23-19-6-5-13-25-21(19)11-12-22(23)27-24(20)29;1-3-26(4-2)11-12-31(28,29)16-7-5-15(6-8-16)23-13-17-20-18(25-22(17)27)9-10-19-21(20)30-14-24-19/h5-13,16,26H,3-4,14-15H2,1-2H3,(H,27,29);5-10,13-14,23H,3-4,11-12H2,1-2H3,(H,25,27)/b20-16-;17-13+. The first-order valence-corrected chi connectivity index (χ1v) is 24.9. The predicted molar refractivity (Wildman–Crippen MR) is 254 cm³/mol. The molecule has 4 heterocycles. The van der Waals surface area contributed by atoms with E-state index in [9.17, 15) is 26.4 Å². The van der Waals surface area contributed by atoms with Gasteiger partial charge in [-0.3, -0.25) is 14.6 Å². The molecule has 0 bridgehead atoms.